The summed E-state index contributed by atoms with van der Waals surface area (Å²) in [5, 5.41) is 0.988. The highest BCUT2D eigenvalue weighted by Crippen LogP contribution is 2.32. The van der Waals surface area contributed by atoms with Crippen LogP contribution in [0.4, 0.5) is 0 Å². The topological polar surface area (TPSA) is 61.3 Å². The Kier molecular flexibility index (Phi) is 6.45. The Labute approximate surface area is 207 Å². The molecule has 0 saturated carbocycles. The van der Waals surface area contributed by atoms with Crippen molar-refractivity contribution >= 4 is 51.7 Å². The number of hydrogen-bond donors (Lipinski definition) is 1. The first-order valence-electron chi connectivity index (χ1n) is 11.3. The molecule has 2 fully saturated rings. The Bertz CT molecular complexity index is 1210. The van der Waals surface area contributed by atoms with Crippen molar-refractivity contribution < 1.29 is 4.79 Å². The van der Waals surface area contributed by atoms with Gasteiger partial charge in [-0.25, -0.2) is 4.79 Å². The number of likely N-dealkylation sites (tertiary alicyclic amines) is 2. The van der Waals surface area contributed by atoms with Crippen molar-refractivity contribution in [3.63, 3.8) is 0 Å². The number of rotatable bonds is 3. The fraction of sp³-hybridized carbons (Fsp3) is 0.417. The second-order valence-electron chi connectivity index (χ2n) is 8.85. The van der Waals surface area contributed by atoms with Gasteiger partial charge in [0.15, 0.2) is 0 Å². The zero-order valence-electron chi connectivity index (χ0n) is 18.1. The third-order valence-corrected chi connectivity index (χ3v) is 7.79. The van der Waals surface area contributed by atoms with Gasteiger partial charge in [-0.1, -0.05) is 46.9 Å². The number of piperidine rings is 2. The predicted molar refractivity (Wildman–Crippen MR) is 133 cm³/mol. The van der Waals surface area contributed by atoms with Gasteiger partial charge in [-0.05, 0) is 49.9 Å². The number of nitrogens with zero attached hydrogens (tertiary/aromatic N) is 3. The zero-order chi connectivity index (χ0) is 23.1. The number of H-pyrrole nitrogens is 1. The maximum Gasteiger partial charge on any atom is 0.326 e. The predicted octanol–water partition coefficient (Wildman–Crippen LogP) is 5.23. The molecule has 9 heteroatoms. The summed E-state index contributed by atoms with van der Waals surface area (Å²) in [4.78, 5) is 32.9. The van der Waals surface area contributed by atoms with Crippen LogP contribution in [0.5, 0.6) is 0 Å². The maximum atomic E-state index is 13.0. The molecule has 3 aromatic rings. The monoisotopic (exact) mass is 506 g/mol. The van der Waals surface area contributed by atoms with E-state index in [1.165, 1.54) is 0 Å². The molecule has 5 rings (SSSR count). The number of imidazole rings is 1. The number of carbonyl (C=O) groups is 1. The normalized spacial score (nSPS) is 18.8. The van der Waals surface area contributed by atoms with Crippen molar-refractivity contribution in [1.82, 2.24) is 19.4 Å². The smallest absolute Gasteiger partial charge is 0.326 e. The van der Waals surface area contributed by atoms with Crippen molar-refractivity contribution in [3.8, 4) is 0 Å². The van der Waals surface area contributed by atoms with Crippen LogP contribution in [0.15, 0.2) is 41.2 Å². The van der Waals surface area contributed by atoms with Crippen molar-refractivity contribution in [2.45, 2.75) is 37.8 Å². The van der Waals surface area contributed by atoms with Crippen molar-refractivity contribution in [2.75, 3.05) is 26.2 Å². The minimum atomic E-state index is -0.141. The summed E-state index contributed by atoms with van der Waals surface area (Å²) in [6.45, 7) is 3.23. The lowest BCUT2D eigenvalue weighted by molar-refractivity contribution is 0.0558. The Morgan fingerprint density at radius 1 is 0.879 bits per heavy atom. The summed E-state index contributed by atoms with van der Waals surface area (Å²) in [7, 11) is 0. The van der Waals surface area contributed by atoms with E-state index in [1.54, 1.807) is 12.1 Å². The summed E-state index contributed by atoms with van der Waals surface area (Å²) < 4.78 is 1.92. The number of halogens is 3. The Morgan fingerprint density at radius 2 is 1.48 bits per heavy atom. The summed E-state index contributed by atoms with van der Waals surface area (Å²) in [5.41, 5.74) is 2.17. The summed E-state index contributed by atoms with van der Waals surface area (Å²) in [6, 6.07) is 11.6. The molecule has 1 amide bonds. The first kappa shape index (κ1) is 22.8. The van der Waals surface area contributed by atoms with Crippen LogP contribution in [0.1, 0.15) is 42.1 Å². The first-order chi connectivity index (χ1) is 15.9. The molecule has 0 radical (unpaired) electrons. The number of fused-ring (bicyclic) bond motifs is 1. The zero-order valence-corrected chi connectivity index (χ0v) is 20.3. The van der Waals surface area contributed by atoms with Crippen molar-refractivity contribution in [2.24, 2.45) is 0 Å². The maximum absolute atomic E-state index is 13.0. The van der Waals surface area contributed by atoms with E-state index in [0.717, 1.165) is 49.8 Å². The second-order valence-corrected chi connectivity index (χ2v) is 10.1. The van der Waals surface area contributed by atoms with E-state index >= 15 is 0 Å². The molecule has 174 valence electrons. The van der Waals surface area contributed by atoms with E-state index in [2.05, 4.69) is 9.88 Å². The molecule has 3 heterocycles. The van der Waals surface area contributed by atoms with Crippen LogP contribution in [0, 0.1) is 0 Å². The van der Waals surface area contributed by atoms with E-state index in [0.29, 0.717) is 29.7 Å². The third kappa shape index (κ3) is 4.42. The number of nitrogens with one attached hydrogen (secondary N) is 1. The fourth-order valence-electron chi connectivity index (χ4n) is 5.28. The second kappa shape index (κ2) is 9.34. The molecule has 0 aliphatic carbocycles. The van der Waals surface area contributed by atoms with Crippen molar-refractivity contribution in [1.29, 1.82) is 0 Å². The third-order valence-electron chi connectivity index (χ3n) is 6.98. The van der Waals surface area contributed by atoms with Crippen LogP contribution in [-0.2, 0) is 0 Å². The molecule has 2 aromatic carbocycles. The Balaban J connectivity index is 1.20. The van der Waals surface area contributed by atoms with E-state index < -0.39 is 0 Å². The van der Waals surface area contributed by atoms with Gasteiger partial charge in [0.2, 0.25) is 0 Å². The molecule has 0 spiro atoms. The fourth-order valence-corrected chi connectivity index (χ4v) is 6.26. The van der Waals surface area contributed by atoms with Gasteiger partial charge in [0.05, 0.1) is 26.6 Å². The number of hydrogen-bond acceptors (Lipinski definition) is 3. The number of para-hydroxylation sites is 2. The van der Waals surface area contributed by atoms with Crippen LogP contribution in [0.2, 0.25) is 15.1 Å². The number of benzene rings is 2. The van der Waals surface area contributed by atoms with Crippen LogP contribution >= 0.6 is 34.8 Å². The average Bonchev–Trinajstić information content (AvgIpc) is 3.14. The summed E-state index contributed by atoms with van der Waals surface area (Å²) >= 11 is 18.5. The Morgan fingerprint density at radius 3 is 2.15 bits per heavy atom. The minimum Gasteiger partial charge on any atom is -0.338 e. The van der Waals surface area contributed by atoms with Gasteiger partial charge in [0.25, 0.3) is 5.91 Å². The first-order valence-corrected chi connectivity index (χ1v) is 12.4. The molecule has 2 aliphatic rings. The highest BCUT2D eigenvalue weighted by atomic mass is 35.5. The molecule has 6 nitrogen and oxygen atoms in total. The number of aromatic nitrogens is 2. The number of carbonyl (C=O) groups excluding carboxylic acids is 1. The molecule has 1 N–H and O–H groups in total. The number of aromatic amines is 1. The van der Waals surface area contributed by atoms with E-state index in [4.69, 9.17) is 34.8 Å². The lowest BCUT2D eigenvalue weighted by Crippen LogP contribution is -2.49. The molecule has 0 atom stereocenters. The van der Waals surface area contributed by atoms with Gasteiger partial charge < -0.3 is 14.8 Å². The van der Waals surface area contributed by atoms with Crippen LogP contribution in [0.25, 0.3) is 11.0 Å². The molecule has 2 aliphatic heterocycles. The molecule has 0 bridgehead atoms. The van der Waals surface area contributed by atoms with Crippen LogP contribution in [-0.4, -0.2) is 57.5 Å². The van der Waals surface area contributed by atoms with Gasteiger partial charge in [0.1, 0.15) is 0 Å². The highest BCUT2D eigenvalue weighted by molar-refractivity contribution is 6.42. The van der Waals surface area contributed by atoms with E-state index in [-0.39, 0.29) is 27.7 Å². The molecular weight excluding hydrogens is 483 g/mol. The van der Waals surface area contributed by atoms with Gasteiger partial charge in [-0.2, -0.15) is 0 Å². The van der Waals surface area contributed by atoms with Crippen LogP contribution in [0.3, 0.4) is 0 Å². The molecule has 1 aromatic heterocycles. The highest BCUT2D eigenvalue weighted by Gasteiger charge is 2.32. The lowest BCUT2D eigenvalue weighted by Gasteiger charge is -2.42. The Hall–Kier alpha value is -1.99. The molecule has 2 saturated heterocycles. The van der Waals surface area contributed by atoms with Crippen LogP contribution < -0.4 is 5.69 Å². The summed E-state index contributed by atoms with van der Waals surface area (Å²) in [5.74, 6) is -0.141. The lowest BCUT2D eigenvalue weighted by atomic mass is 9.97. The molecular formula is C24H25Cl3N4O2. The largest absolute Gasteiger partial charge is 0.338 e. The minimum absolute atomic E-state index is 0.0269. The van der Waals surface area contributed by atoms with Gasteiger partial charge in [-0.15, -0.1) is 0 Å². The van der Waals surface area contributed by atoms with Gasteiger partial charge in [0, 0.05) is 43.3 Å². The number of amides is 1. The van der Waals surface area contributed by atoms with Gasteiger partial charge >= 0.3 is 5.69 Å². The quantitative estimate of drug-likeness (QED) is 0.528. The van der Waals surface area contributed by atoms with Gasteiger partial charge in [-0.3, -0.25) is 9.36 Å². The van der Waals surface area contributed by atoms with E-state index in [1.807, 2.05) is 33.7 Å². The van der Waals surface area contributed by atoms with E-state index in [9.17, 15) is 9.59 Å². The SMILES string of the molecule is O=C(c1c(Cl)cc(Cl)cc1Cl)N1CCC(N2CCC(n3c(=O)[nH]c4ccccc43)CC2)CC1. The van der Waals surface area contributed by atoms with Crippen molar-refractivity contribution in [3.05, 3.63) is 67.5 Å². The molecule has 33 heavy (non-hydrogen) atoms. The molecule has 0 unspecified atom stereocenters. The summed E-state index contributed by atoms with van der Waals surface area (Å²) in [6.07, 6.45) is 3.70. The standard InChI is InChI=1S/C24H25Cl3N4O2/c25-15-13-18(26)22(19(27)14-15)23(32)30-11-5-16(6-12-30)29-9-7-17(8-10-29)31-21-4-2-1-3-20(21)28-24(31)33/h1-4,13-14,16-17H,5-12H2,(H,28,33). The average molecular weight is 508 g/mol.